The molecule has 1 aromatic carbocycles. The largest absolute Gasteiger partial charge is 0.479 e. The van der Waals surface area contributed by atoms with Gasteiger partial charge in [0.05, 0.1) is 6.54 Å². The summed E-state index contributed by atoms with van der Waals surface area (Å²) in [5.41, 5.74) is 0.264. The lowest BCUT2D eigenvalue weighted by molar-refractivity contribution is -0.139. The Bertz CT molecular complexity index is 536. The summed E-state index contributed by atoms with van der Waals surface area (Å²) < 4.78 is 0. The summed E-state index contributed by atoms with van der Waals surface area (Å²) in [5.74, 6) is -1.62. The summed E-state index contributed by atoms with van der Waals surface area (Å²) in [6, 6.07) is 4.24. The quantitative estimate of drug-likeness (QED) is 0.626. The molecule has 0 saturated carbocycles. The van der Waals surface area contributed by atoms with E-state index < -0.39 is 18.0 Å². The van der Waals surface area contributed by atoms with Crippen LogP contribution in [0.5, 0.6) is 0 Å². The number of amides is 3. The van der Waals surface area contributed by atoms with Gasteiger partial charge in [-0.05, 0) is 13.0 Å². The van der Waals surface area contributed by atoms with Crippen molar-refractivity contribution in [3.63, 3.8) is 0 Å². The fraction of sp³-hybridized carbons (Fsp3) is 0.308. The molecule has 1 aromatic rings. The molecule has 0 spiro atoms. The maximum Gasteiger partial charge on any atom is 0.331 e. The molecule has 0 radical (unpaired) electrons. The highest BCUT2D eigenvalue weighted by Gasteiger charge is 2.24. The SMILES string of the molecule is CCNC(=O)CNC(=O)N[C@@H](C(=O)O)c1ccccc1Cl. The lowest BCUT2D eigenvalue weighted by Crippen LogP contribution is -2.44. The fourth-order valence-corrected chi connectivity index (χ4v) is 1.83. The highest BCUT2D eigenvalue weighted by molar-refractivity contribution is 6.31. The monoisotopic (exact) mass is 313 g/mol. The second-order valence-electron chi connectivity index (χ2n) is 4.07. The number of urea groups is 1. The van der Waals surface area contributed by atoms with Crippen molar-refractivity contribution in [3.05, 3.63) is 34.9 Å². The molecule has 0 aliphatic carbocycles. The summed E-state index contributed by atoms with van der Waals surface area (Å²) in [7, 11) is 0. The molecule has 0 aromatic heterocycles. The molecule has 8 heteroatoms. The second-order valence-corrected chi connectivity index (χ2v) is 4.48. The van der Waals surface area contributed by atoms with Crippen LogP contribution in [0, 0.1) is 0 Å². The molecule has 4 N–H and O–H groups in total. The average molecular weight is 314 g/mol. The van der Waals surface area contributed by atoms with E-state index in [2.05, 4.69) is 16.0 Å². The maximum atomic E-state index is 11.6. The van der Waals surface area contributed by atoms with Crippen molar-refractivity contribution >= 4 is 29.5 Å². The number of halogens is 1. The molecular formula is C13H16ClN3O4. The summed E-state index contributed by atoms with van der Waals surface area (Å²) >= 11 is 5.92. The van der Waals surface area contributed by atoms with Crippen LogP contribution in [0.4, 0.5) is 4.79 Å². The number of carboxylic acid groups (broad SMARTS) is 1. The highest BCUT2D eigenvalue weighted by Crippen LogP contribution is 2.22. The molecular weight excluding hydrogens is 298 g/mol. The van der Waals surface area contributed by atoms with E-state index in [4.69, 9.17) is 11.6 Å². The number of nitrogens with one attached hydrogen (secondary N) is 3. The Morgan fingerprint density at radius 2 is 1.90 bits per heavy atom. The van der Waals surface area contributed by atoms with E-state index in [1.54, 1.807) is 19.1 Å². The number of carboxylic acids is 1. The number of likely N-dealkylation sites (N-methyl/N-ethyl adjacent to an activating group) is 1. The van der Waals surface area contributed by atoms with E-state index in [1.807, 2.05) is 0 Å². The van der Waals surface area contributed by atoms with Crippen LogP contribution in [-0.4, -0.2) is 36.1 Å². The molecule has 0 bridgehead atoms. The standard InChI is InChI=1S/C13H16ClN3O4/c1-2-15-10(18)7-16-13(21)17-11(12(19)20)8-5-3-4-6-9(8)14/h3-6,11H,2,7H2,1H3,(H,15,18)(H,19,20)(H2,16,17,21)/t11-/m1/s1. The van der Waals surface area contributed by atoms with Crippen LogP contribution in [0.1, 0.15) is 18.5 Å². The van der Waals surface area contributed by atoms with Crippen molar-refractivity contribution in [2.24, 2.45) is 0 Å². The number of carbonyl (C=O) groups excluding carboxylic acids is 2. The van der Waals surface area contributed by atoms with Crippen LogP contribution in [0.3, 0.4) is 0 Å². The van der Waals surface area contributed by atoms with Crippen molar-refractivity contribution in [3.8, 4) is 0 Å². The van der Waals surface area contributed by atoms with Gasteiger partial charge in [-0.1, -0.05) is 29.8 Å². The molecule has 0 heterocycles. The molecule has 3 amide bonds. The molecule has 0 aliphatic heterocycles. The van der Waals surface area contributed by atoms with Gasteiger partial charge >= 0.3 is 12.0 Å². The topological polar surface area (TPSA) is 108 Å². The Hall–Kier alpha value is -2.28. The zero-order chi connectivity index (χ0) is 15.8. The Labute approximate surface area is 126 Å². The van der Waals surface area contributed by atoms with Gasteiger partial charge in [0.1, 0.15) is 0 Å². The van der Waals surface area contributed by atoms with Crippen molar-refractivity contribution in [2.75, 3.05) is 13.1 Å². The highest BCUT2D eigenvalue weighted by atomic mass is 35.5. The molecule has 114 valence electrons. The molecule has 0 fully saturated rings. The van der Waals surface area contributed by atoms with Crippen LogP contribution in [0.25, 0.3) is 0 Å². The van der Waals surface area contributed by atoms with Gasteiger partial charge in [-0.2, -0.15) is 0 Å². The van der Waals surface area contributed by atoms with Gasteiger partial charge in [0.2, 0.25) is 5.91 Å². The fourth-order valence-electron chi connectivity index (χ4n) is 1.58. The Kier molecular flexibility index (Phi) is 6.48. The normalized spacial score (nSPS) is 11.3. The number of hydrogen-bond acceptors (Lipinski definition) is 3. The van der Waals surface area contributed by atoms with Crippen LogP contribution >= 0.6 is 11.6 Å². The van der Waals surface area contributed by atoms with Gasteiger partial charge in [0, 0.05) is 17.1 Å². The molecule has 21 heavy (non-hydrogen) atoms. The predicted molar refractivity (Wildman–Crippen MR) is 77.0 cm³/mol. The van der Waals surface area contributed by atoms with Crippen molar-refractivity contribution in [1.29, 1.82) is 0 Å². The predicted octanol–water partition coefficient (Wildman–Crippen LogP) is 0.901. The van der Waals surface area contributed by atoms with E-state index in [9.17, 15) is 19.5 Å². The van der Waals surface area contributed by atoms with E-state index in [1.165, 1.54) is 12.1 Å². The third-order valence-electron chi connectivity index (χ3n) is 2.52. The summed E-state index contributed by atoms with van der Waals surface area (Å²) in [6.07, 6.45) is 0. The minimum atomic E-state index is -1.30. The van der Waals surface area contributed by atoms with Gasteiger partial charge in [-0.3, -0.25) is 4.79 Å². The van der Waals surface area contributed by atoms with Crippen molar-refractivity contribution in [1.82, 2.24) is 16.0 Å². The minimum Gasteiger partial charge on any atom is -0.479 e. The van der Waals surface area contributed by atoms with E-state index >= 15 is 0 Å². The zero-order valence-corrected chi connectivity index (χ0v) is 12.1. The van der Waals surface area contributed by atoms with Gasteiger partial charge in [0.15, 0.2) is 6.04 Å². The number of carbonyl (C=O) groups is 3. The number of benzene rings is 1. The molecule has 1 atom stereocenters. The number of rotatable bonds is 6. The molecule has 7 nitrogen and oxygen atoms in total. The van der Waals surface area contributed by atoms with E-state index in [0.29, 0.717) is 6.54 Å². The van der Waals surface area contributed by atoms with Crippen LogP contribution in [-0.2, 0) is 9.59 Å². The molecule has 0 aliphatic rings. The first-order valence-electron chi connectivity index (χ1n) is 6.24. The second kappa shape index (κ2) is 8.11. The van der Waals surface area contributed by atoms with Gasteiger partial charge < -0.3 is 21.1 Å². The Balaban J connectivity index is 2.68. The first kappa shape index (κ1) is 16.8. The third-order valence-corrected chi connectivity index (χ3v) is 2.87. The first-order valence-corrected chi connectivity index (χ1v) is 6.61. The van der Waals surface area contributed by atoms with E-state index in [0.717, 1.165) is 0 Å². The minimum absolute atomic E-state index is 0.230. The Morgan fingerprint density at radius 3 is 2.48 bits per heavy atom. The van der Waals surface area contributed by atoms with Gasteiger partial charge in [-0.25, -0.2) is 9.59 Å². The van der Waals surface area contributed by atoms with Crippen molar-refractivity contribution < 1.29 is 19.5 Å². The molecule has 0 saturated heterocycles. The van der Waals surface area contributed by atoms with Gasteiger partial charge in [-0.15, -0.1) is 0 Å². The number of hydrogen-bond donors (Lipinski definition) is 4. The number of aliphatic carboxylic acids is 1. The lowest BCUT2D eigenvalue weighted by atomic mass is 10.1. The van der Waals surface area contributed by atoms with Crippen molar-refractivity contribution in [2.45, 2.75) is 13.0 Å². The Morgan fingerprint density at radius 1 is 1.24 bits per heavy atom. The molecule has 1 rings (SSSR count). The zero-order valence-electron chi connectivity index (χ0n) is 11.4. The first-order chi connectivity index (χ1) is 9.95. The van der Waals surface area contributed by atoms with Crippen LogP contribution in [0.15, 0.2) is 24.3 Å². The van der Waals surface area contributed by atoms with Gasteiger partial charge in [0.25, 0.3) is 0 Å². The maximum absolute atomic E-state index is 11.6. The van der Waals surface area contributed by atoms with Crippen LogP contribution in [0.2, 0.25) is 5.02 Å². The lowest BCUT2D eigenvalue weighted by Gasteiger charge is -2.16. The summed E-state index contributed by atoms with van der Waals surface area (Å²) in [5, 5.41) is 16.4. The summed E-state index contributed by atoms with van der Waals surface area (Å²) in [4.78, 5) is 34.1. The average Bonchev–Trinajstić information content (AvgIpc) is 2.43. The smallest absolute Gasteiger partial charge is 0.331 e. The third kappa shape index (κ3) is 5.31. The van der Waals surface area contributed by atoms with Crippen LogP contribution < -0.4 is 16.0 Å². The van der Waals surface area contributed by atoms with E-state index in [-0.39, 0.29) is 23.0 Å². The summed E-state index contributed by atoms with van der Waals surface area (Å²) in [6.45, 7) is 1.95. The molecule has 0 unspecified atom stereocenters.